The fourth-order valence-electron chi connectivity index (χ4n) is 2.20. The molecule has 8 nitrogen and oxygen atoms in total. The molecule has 0 radical (unpaired) electrons. The van der Waals surface area contributed by atoms with E-state index >= 15 is 0 Å². The smallest absolute Gasteiger partial charge is 0.326 e. The van der Waals surface area contributed by atoms with E-state index in [0.29, 0.717) is 5.69 Å². The van der Waals surface area contributed by atoms with Crippen LogP contribution in [0.2, 0.25) is 5.02 Å². The highest BCUT2D eigenvalue weighted by Gasteiger charge is 2.21. The van der Waals surface area contributed by atoms with E-state index in [1.165, 1.54) is 17.0 Å². The molecule has 0 N–H and O–H groups in total. The summed E-state index contributed by atoms with van der Waals surface area (Å²) in [4.78, 5) is 35.8. The number of nitro groups is 1. The Kier molecular flexibility index (Phi) is 7.13. The minimum atomic E-state index is -0.586. The molecular weight excluding hydrogens is 376 g/mol. The van der Waals surface area contributed by atoms with Crippen molar-refractivity contribution < 1.29 is 24.0 Å². The van der Waals surface area contributed by atoms with E-state index in [1.807, 2.05) is 0 Å². The van der Waals surface area contributed by atoms with Gasteiger partial charge >= 0.3 is 5.97 Å². The second kappa shape index (κ2) is 9.54. The van der Waals surface area contributed by atoms with Gasteiger partial charge in [0.15, 0.2) is 6.61 Å². The van der Waals surface area contributed by atoms with Crippen LogP contribution >= 0.6 is 11.6 Å². The average molecular weight is 393 g/mol. The molecule has 1 amide bonds. The van der Waals surface area contributed by atoms with Gasteiger partial charge in [0.1, 0.15) is 12.3 Å². The van der Waals surface area contributed by atoms with Gasteiger partial charge in [-0.2, -0.15) is 0 Å². The lowest BCUT2D eigenvalue weighted by Gasteiger charge is -2.22. The van der Waals surface area contributed by atoms with Gasteiger partial charge in [-0.1, -0.05) is 29.8 Å². The molecule has 0 spiro atoms. The van der Waals surface area contributed by atoms with E-state index in [4.69, 9.17) is 21.1 Å². The zero-order valence-electron chi connectivity index (χ0n) is 14.5. The number of anilines is 1. The molecule has 142 valence electrons. The largest absolute Gasteiger partial charge is 0.482 e. The second-order valence-electron chi connectivity index (χ2n) is 5.28. The summed E-state index contributed by atoms with van der Waals surface area (Å²) in [5.74, 6) is -0.925. The minimum absolute atomic E-state index is 0.00801. The van der Waals surface area contributed by atoms with Gasteiger partial charge in [0, 0.05) is 17.8 Å². The summed E-state index contributed by atoms with van der Waals surface area (Å²) >= 11 is 5.95. The van der Waals surface area contributed by atoms with E-state index in [-0.39, 0.29) is 29.6 Å². The Labute approximate surface area is 160 Å². The standard InChI is InChI=1S/C18H17ClN2O6/c1-2-26-18(23)11-20(13-6-4-3-5-7-13)17(22)12-27-16-9-8-14(21(24)25)10-15(16)19/h3-10H,2,11-12H2,1H3. The molecule has 0 aliphatic rings. The molecule has 2 rings (SSSR count). The fraction of sp³-hybridized carbons (Fsp3) is 0.222. The number of hydrogen-bond acceptors (Lipinski definition) is 6. The number of para-hydroxylation sites is 1. The first-order valence-corrected chi connectivity index (χ1v) is 8.38. The van der Waals surface area contributed by atoms with E-state index in [0.717, 1.165) is 6.07 Å². The third kappa shape index (κ3) is 5.68. The molecule has 2 aromatic carbocycles. The zero-order valence-corrected chi connectivity index (χ0v) is 15.2. The Hall–Kier alpha value is -3.13. The van der Waals surface area contributed by atoms with Crippen LogP contribution in [0, 0.1) is 10.1 Å². The first kappa shape index (κ1) is 20.2. The molecular formula is C18H17ClN2O6. The normalized spacial score (nSPS) is 10.1. The van der Waals surface area contributed by atoms with Crippen LogP contribution in [0.4, 0.5) is 11.4 Å². The lowest BCUT2D eigenvalue weighted by atomic mass is 10.2. The molecule has 0 aliphatic carbocycles. The summed E-state index contributed by atoms with van der Waals surface area (Å²) in [6.07, 6.45) is 0. The van der Waals surface area contributed by atoms with E-state index in [1.54, 1.807) is 37.3 Å². The van der Waals surface area contributed by atoms with Crippen molar-refractivity contribution in [3.63, 3.8) is 0 Å². The number of ether oxygens (including phenoxy) is 2. The van der Waals surface area contributed by atoms with Crippen molar-refractivity contribution in [1.82, 2.24) is 0 Å². The molecule has 0 saturated heterocycles. The van der Waals surface area contributed by atoms with Crippen LogP contribution in [0.5, 0.6) is 5.75 Å². The molecule has 27 heavy (non-hydrogen) atoms. The van der Waals surface area contributed by atoms with Crippen LogP contribution in [0.3, 0.4) is 0 Å². The first-order valence-electron chi connectivity index (χ1n) is 8.00. The molecule has 0 saturated carbocycles. The Morgan fingerprint density at radius 2 is 1.89 bits per heavy atom. The number of carbonyl (C=O) groups excluding carboxylic acids is 2. The molecule has 0 bridgehead atoms. The maximum absolute atomic E-state index is 12.6. The number of rotatable bonds is 8. The maximum Gasteiger partial charge on any atom is 0.326 e. The summed E-state index contributed by atoms with van der Waals surface area (Å²) < 4.78 is 10.3. The van der Waals surface area contributed by atoms with Gasteiger partial charge in [0.25, 0.3) is 11.6 Å². The number of hydrogen-bond donors (Lipinski definition) is 0. The van der Waals surface area contributed by atoms with Gasteiger partial charge in [-0.25, -0.2) is 0 Å². The SMILES string of the molecule is CCOC(=O)CN(C(=O)COc1ccc([N+](=O)[O-])cc1Cl)c1ccccc1. The summed E-state index contributed by atoms with van der Waals surface area (Å²) in [5, 5.41) is 10.7. The molecule has 9 heteroatoms. The van der Waals surface area contributed by atoms with Crippen molar-refractivity contribution >= 4 is 34.9 Å². The topological polar surface area (TPSA) is 99.0 Å². The third-order valence-electron chi connectivity index (χ3n) is 3.44. The Balaban J connectivity index is 2.11. The predicted molar refractivity (Wildman–Crippen MR) is 99.0 cm³/mol. The summed E-state index contributed by atoms with van der Waals surface area (Å²) in [6, 6.07) is 12.3. The number of nitrogens with zero attached hydrogens (tertiary/aromatic N) is 2. The highest BCUT2D eigenvalue weighted by molar-refractivity contribution is 6.32. The quantitative estimate of drug-likeness (QED) is 0.388. The van der Waals surface area contributed by atoms with Gasteiger partial charge < -0.3 is 9.47 Å². The monoisotopic (exact) mass is 392 g/mol. The van der Waals surface area contributed by atoms with Gasteiger partial charge in [0.05, 0.1) is 16.6 Å². The molecule has 0 atom stereocenters. The maximum atomic E-state index is 12.6. The second-order valence-corrected chi connectivity index (χ2v) is 5.69. The van der Waals surface area contributed by atoms with Crippen LogP contribution in [0.25, 0.3) is 0 Å². The van der Waals surface area contributed by atoms with E-state index < -0.39 is 23.4 Å². The van der Waals surface area contributed by atoms with Gasteiger partial charge in [-0.05, 0) is 25.1 Å². The third-order valence-corrected chi connectivity index (χ3v) is 3.73. The Morgan fingerprint density at radius 3 is 2.48 bits per heavy atom. The number of benzene rings is 2. The van der Waals surface area contributed by atoms with Crippen LogP contribution in [-0.4, -0.2) is 36.6 Å². The van der Waals surface area contributed by atoms with Gasteiger partial charge in [0.2, 0.25) is 0 Å². The van der Waals surface area contributed by atoms with Crippen LogP contribution < -0.4 is 9.64 Å². The van der Waals surface area contributed by atoms with Crippen molar-refractivity contribution in [2.24, 2.45) is 0 Å². The molecule has 0 aromatic heterocycles. The first-order chi connectivity index (χ1) is 12.9. The number of halogens is 1. The van der Waals surface area contributed by atoms with Crippen molar-refractivity contribution in [2.45, 2.75) is 6.92 Å². The number of nitro benzene ring substituents is 1. The average Bonchev–Trinajstić information content (AvgIpc) is 2.65. The molecule has 0 aliphatic heterocycles. The van der Waals surface area contributed by atoms with E-state index in [9.17, 15) is 19.7 Å². The van der Waals surface area contributed by atoms with Crippen molar-refractivity contribution in [3.8, 4) is 5.75 Å². The summed E-state index contributed by atoms with van der Waals surface area (Å²) in [7, 11) is 0. The molecule has 0 fully saturated rings. The van der Waals surface area contributed by atoms with Crippen LogP contribution in [-0.2, 0) is 14.3 Å². The van der Waals surface area contributed by atoms with Crippen molar-refractivity contribution in [1.29, 1.82) is 0 Å². The molecule has 0 heterocycles. The molecule has 0 unspecified atom stereocenters. The number of esters is 1. The van der Waals surface area contributed by atoms with Crippen LogP contribution in [0.1, 0.15) is 6.92 Å². The van der Waals surface area contributed by atoms with Crippen molar-refractivity contribution in [2.75, 3.05) is 24.7 Å². The fourth-order valence-corrected chi connectivity index (χ4v) is 2.43. The summed E-state index contributed by atoms with van der Waals surface area (Å²) in [5.41, 5.74) is 0.320. The highest BCUT2D eigenvalue weighted by Crippen LogP contribution is 2.28. The van der Waals surface area contributed by atoms with Crippen LogP contribution in [0.15, 0.2) is 48.5 Å². The van der Waals surface area contributed by atoms with Gasteiger partial charge in [-0.3, -0.25) is 24.6 Å². The Bertz CT molecular complexity index is 828. The zero-order chi connectivity index (χ0) is 19.8. The Morgan fingerprint density at radius 1 is 1.19 bits per heavy atom. The molecule has 2 aromatic rings. The number of amides is 1. The predicted octanol–water partition coefficient (Wildman–Crippen LogP) is 3.22. The van der Waals surface area contributed by atoms with Crippen molar-refractivity contribution in [3.05, 3.63) is 63.7 Å². The lowest BCUT2D eigenvalue weighted by Crippen LogP contribution is -2.39. The summed E-state index contributed by atoms with van der Waals surface area (Å²) in [6.45, 7) is 1.19. The minimum Gasteiger partial charge on any atom is -0.482 e. The van der Waals surface area contributed by atoms with E-state index in [2.05, 4.69) is 0 Å². The lowest BCUT2D eigenvalue weighted by molar-refractivity contribution is -0.384. The van der Waals surface area contributed by atoms with Gasteiger partial charge in [-0.15, -0.1) is 0 Å². The number of non-ortho nitro benzene ring substituents is 1. The number of carbonyl (C=O) groups is 2. The highest BCUT2D eigenvalue weighted by atomic mass is 35.5.